The second-order valence-corrected chi connectivity index (χ2v) is 8.19. The highest BCUT2D eigenvalue weighted by Crippen LogP contribution is 2.36. The molecule has 0 unspecified atom stereocenters. The largest absolute Gasteiger partial charge is 0.393 e. The maximum absolute atomic E-state index is 10.8. The Morgan fingerprint density at radius 1 is 1.15 bits per heavy atom. The van der Waals surface area contributed by atoms with Crippen molar-refractivity contribution in [3.05, 3.63) is 60.2 Å². The molecule has 1 aliphatic rings. The summed E-state index contributed by atoms with van der Waals surface area (Å²) in [7, 11) is 1.70. The van der Waals surface area contributed by atoms with E-state index in [0.717, 1.165) is 12.8 Å². The van der Waals surface area contributed by atoms with Gasteiger partial charge in [0.1, 0.15) is 5.78 Å². The average Bonchev–Trinajstić information content (AvgIpc) is 3.09. The highest BCUT2D eigenvalue weighted by molar-refractivity contribution is 5.75. The second-order valence-electron chi connectivity index (χ2n) is 8.19. The summed E-state index contributed by atoms with van der Waals surface area (Å²) < 4.78 is 4.93. The fraction of sp³-hybridized carbons (Fsp3) is 0.607. The highest BCUT2D eigenvalue weighted by atomic mass is 16.5. The third kappa shape index (κ3) is 14.2. The molecule has 0 aliphatic heterocycles. The normalized spacial score (nSPS) is 23.0. The number of allylic oxidation sites excluding steroid dienone is 2. The van der Waals surface area contributed by atoms with Gasteiger partial charge in [-0.1, -0.05) is 75.4 Å². The van der Waals surface area contributed by atoms with Crippen LogP contribution in [0.3, 0.4) is 0 Å². The molecule has 5 nitrogen and oxygen atoms in total. The quantitative estimate of drug-likeness (QED) is 0.309. The van der Waals surface area contributed by atoms with Gasteiger partial charge in [0.05, 0.1) is 24.9 Å². The molecular formula is C28H46O5. The molecule has 1 saturated carbocycles. The zero-order valence-corrected chi connectivity index (χ0v) is 21.2. The summed E-state index contributed by atoms with van der Waals surface area (Å²) >= 11 is 0. The van der Waals surface area contributed by atoms with Crippen LogP contribution < -0.4 is 0 Å². The molecule has 5 atom stereocenters. The number of Topliss-reactive ketones (excluding diaryl/α,β-unsaturated/α-hetero) is 1. The van der Waals surface area contributed by atoms with Crippen molar-refractivity contribution in [3.8, 4) is 0 Å². The summed E-state index contributed by atoms with van der Waals surface area (Å²) in [5.41, 5.74) is 1.22. The van der Waals surface area contributed by atoms with E-state index in [1.165, 1.54) is 5.56 Å². The number of benzene rings is 1. The fourth-order valence-electron chi connectivity index (χ4n) is 3.68. The third-order valence-electron chi connectivity index (χ3n) is 5.52. The average molecular weight is 463 g/mol. The van der Waals surface area contributed by atoms with Crippen LogP contribution in [0.1, 0.15) is 71.8 Å². The van der Waals surface area contributed by atoms with Crippen LogP contribution in [-0.2, 0) is 16.1 Å². The number of rotatable bonds is 11. The number of ketones is 1. The summed E-state index contributed by atoms with van der Waals surface area (Å²) in [4.78, 5) is 10.8. The van der Waals surface area contributed by atoms with Crippen LogP contribution in [0, 0.1) is 11.8 Å². The number of unbranched alkanes of at least 4 members (excludes halogenated alkanes) is 1. The van der Waals surface area contributed by atoms with Crippen LogP contribution >= 0.6 is 0 Å². The molecule has 2 rings (SSSR count). The summed E-state index contributed by atoms with van der Waals surface area (Å²) in [6, 6.07) is 10.1. The predicted octanol–water partition coefficient (Wildman–Crippen LogP) is 5.24. The smallest absolute Gasteiger partial charge is 0.129 e. The van der Waals surface area contributed by atoms with Crippen LogP contribution in [-0.4, -0.2) is 46.5 Å². The Balaban J connectivity index is 0.000000770. The van der Waals surface area contributed by atoms with E-state index < -0.39 is 18.3 Å². The zero-order chi connectivity index (χ0) is 25.1. The van der Waals surface area contributed by atoms with E-state index in [1.807, 2.05) is 69.3 Å². The maximum Gasteiger partial charge on any atom is 0.129 e. The lowest BCUT2D eigenvalue weighted by Gasteiger charge is -2.19. The van der Waals surface area contributed by atoms with Gasteiger partial charge in [0.2, 0.25) is 0 Å². The first-order valence-electron chi connectivity index (χ1n) is 12.3. The van der Waals surface area contributed by atoms with E-state index in [9.17, 15) is 20.1 Å². The molecule has 0 radical (unpaired) electrons. The number of aliphatic hydroxyl groups is 3. The fourth-order valence-corrected chi connectivity index (χ4v) is 3.68. The van der Waals surface area contributed by atoms with Gasteiger partial charge in [-0.2, -0.15) is 0 Å². The molecule has 5 heteroatoms. The molecular weight excluding hydrogens is 416 g/mol. The van der Waals surface area contributed by atoms with Crippen LogP contribution in [0.2, 0.25) is 0 Å². The Labute approximate surface area is 201 Å². The predicted molar refractivity (Wildman–Crippen MR) is 136 cm³/mol. The Kier molecular flexibility index (Phi) is 18.6. The second kappa shape index (κ2) is 19.7. The monoisotopic (exact) mass is 462 g/mol. The number of hydrogen-bond acceptors (Lipinski definition) is 5. The number of carbonyl (C=O) groups is 1. The number of ether oxygens (including phenoxy) is 1. The van der Waals surface area contributed by atoms with Gasteiger partial charge in [0, 0.05) is 25.9 Å². The lowest BCUT2D eigenvalue weighted by molar-refractivity contribution is -0.117. The van der Waals surface area contributed by atoms with Crippen LogP contribution in [0.15, 0.2) is 54.6 Å². The Morgan fingerprint density at radius 2 is 1.82 bits per heavy atom. The SMILES string of the molecule is CC.CC[C@H](O)C=C[C@@H]1[C@@H](C/C=C\CCCC(C)=O)[C@@H](O)C[C@H]1O.COCc1ccccc1. The molecule has 0 bridgehead atoms. The number of hydrogen-bond donors (Lipinski definition) is 3. The van der Waals surface area contributed by atoms with Gasteiger partial charge in [0.15, 0.2) is 0 Å². The van der Waals surface area contributed by atoms with Gasteiger partial charge in [-0.05, 0) is 44.1 Å². The molecule has 33 heavy (non-hydrogen) atoms. The van der Waals surface area contributed by atoms with E-state index in [-0.39, 0.29) is 17.6 Å². The van der Waals surface area contributed by atoms with Gasteiger partial charge in [-0.15, -0.1) is 0 Å². The van der Waals surface area contributed by atoms with Crippen molar-refractivity contribution < 1.29 is 24.9 Å². The molecule has 1 aromatic rings. The summed E-state index contributed by atoms with van der Waals surface area (Å²) in [5, 5.41) is 29.8. The molecule has 0 saturated heterocycles. The van der Waals surface area contributed by atoms with Crippen molar-refractivity contribution in [1.29, 1.82) is 0 Å². The topological polar surface area (TPSA) is 87.0 Å². The van der Waals surface area contributed by atoms with E-state index in [1.54, 1.807) is 20.1 Å². The molecule has 0 spiro atoms. The number of carbonyl (C=O) groups excluding carboxylic acids is 1. The van der Waals surface area contributed by atoms with Gasteiger partial charge in [-0.3, -0.25) is 0 Å². The Morgan fingerprint density at radius 3 is 2.39 bits per heavy atom. The molecule has 0 amide bonds. The van der Waals surface area contributed by atoms with E-state index >= 15 is 0 Å². The zero-order valence-electron chi connectivity index (χ0n) is 21.2. The minimum absolute atomic E-state index is 0.0145. The molecule has 188 valence electrons. The van der Waals surface area contributed by atoms with Gasteiger partial charge in [-0.25, -0.2) is 0 Å². The van der Waals surface area contributed by atoms with Crippen molar-refractivity contribution in [2.24, 2.45) is 11.8 Å². The molecule has 1 aromatic carbocycles. The van der Waals surface area contributed by atoms with Crippen molar-refractivity contribution in [3.63, 3.8) is 0 Å². The number of aliphatic hydroxyl groups excluding tert-OH is 3. The van der Waals surface area contributed by atoms with Crippen LogP contribution in [0.4, 0.5) is 0 Å². The van der Waals surface area contributed by atoms with Crippen LogP contribution in [0.25, 0.3) is 0 Å². The van der Waals surface area contributed by atoms with Gasteiger partial charge >= 0.3 is 0 Å². The molecule has 3 N–H and O–H groups in total. The standard InChI is InChI=1S/C18H30O4.C8H10O.C2H6/c1-3-14(20)10-11-16-15(17(21)12-18(16)22)9-7-5-4-6-8-13(2)19;1-9-7-8-5-3-2-4-6-8;1-2/h5,7,10-11,14-18,20-22H,3-4,6,8-9,12H2,1-2H3;2-6H,7H2,1H3;1-2H3/b7-5-,11-10?;;/t14-,15+,16+,17-,18+;;/m0../s1. The molecule has 1 aliphatic carbocycles. The van der Waals surface area contributed by atoms with Gasteiger partial charge in [0.25, 0.3) is 0 Å². The van der Waals surface area contributed by atoms with Gasteiger partial charge < -0.3 is 24.9 Å². The lowest BCUT2D eigenvalue weighted by atomic mass is 9.89. The van der Waals surface area contributed by atoms with Crippen molar-refractivity contribution in [2.45, 2.75) is 91.1 Å². The first-order valence-corrected chi connectivity index (χ1v) is 12.3. The molecule has 0 heterocycles. The van der Waals surface area contributed by atoms with Crippen molar-refractivity contribution >= 4 is 5.78 Å². The van der Waals surface area contributed by atoms with E-state index in [0.29, 0.717) is 32.3 Å². The maximum atomic E-state index is 10.8. The first kappa shape index (κ1) is 31.2. The molecule has 0 aromatic heterocycles. The van der Waals surface area contributed by atoms with Crippen LogP contribution in [0.5, 0.6) is 0 Å². The van der Waals surface area contributed by atoms with Crippen molar-refractivity contribution in [1.82, 2.24) is 0 Å². The third-order valence-corrected chi connectivity index (χ3v) is 5.52. The summed E-state index contributed by atoms with van der Waals surface area (Å²) in [6.07, 6.45) is 10.1. The number of methoxy groups -OCH3 is 1. The Hall–Kier alpha value is -1.79. The van der Waals surface area contributed by atoms with E-state index in [4.69, 9.17) is 4.74 Å². The molecule has 1 fully saturated rings. The first-order chi connectivity index (χ1) is 15.9. The van der Waals surface area contributed by atoms with E-state index in [2.05, 4.69) is 0 Å². The lowest BCUT2D eigenvalue weighted by Crippen LogP contribution is -2.20. The Bertz CT molecular complexity index is 656. The summed E-state index contributed by atoms with van der Waals surface area (Å²) in [5.74, 6) is 0.0832. The van der Waals surface area contributed by atoms with Crippen molar-refractivity contribution in [2.75, 3.05) is 7.11 Å². The summed E-state index contributed by atoms with van der Waals surface area (Å²) in [6.45, 7) is 8.21. The highest BCUT2D eigenvalue weighted by Gasteiger charge is 2.39. The minimum Gasteiger partial charge on any atom is -0.393 e. The minimum atomic E-state index is -0.550.